The third-order valence-corrected chi connectivity index (χ3v) is 2.45. The Balaban J connectivity index is 0. The van der Waals surface area contributed by atoms with Gasteiger partial charge in [-0.1, -0.05) is 40.5 Å². The van der Waals surface area contributed by atoms with Crippen molar-refractivity contribution in [2.24, 2.45) is 5.92 Å². The summed E-state index contributed by atoms with van der Waals surface area (Å²) in [6, 6.07) is 0. The van der Waals surface area contributed by atoms with E-state index in [0.717, 1.165) is 12.3 Å². The molecule has 0 aliphatic heterocycles. The fourth-order valence-corrected chi connectivity index (χ4v) is 1.37. The van der Waals surface area contributed by atoms with Crippen LogP contribution in [0.2, 0.25) is 0 Å². The molecule has 14 heavy (non-hydrogen) atoms. The molecule has 0 atom stereocenters. The SMILES string of the molecule is CC.CCC(CC)CCCC(=O)NC. The molecule has 0 spiro atoms. The number of nitrogens with one attached hydrogen (secondary N) is 1. The summed E-state index contributed by atoms with van der Waals surface area (Å²) in [5.41, 5.74) is 0. The Labute approximate surface area is 89.5 Å². The number of rotatable bonds is 6. The molecule has 0 unspecified atom stereocenters. The third kappa shape index (κ3) is 9.56. The minimum atomic E-state index is 0.168. The van der Waals surface area contributed by atoms with E-state index >= 15 is 0 Å². The van der Waals surface area contributed by atoms with Gasteiger partial charge in [-0.05, 0) is 18.8 Å². The molecule has 1 amide bonds. The molecule has 0 saturated carbocycles. The predicted molar refractivity (Wildman–Crippen MR) is 63.3 cm³/mol. The molecule has 0 aromatic carbocycles. The van der Waals surface area contributed by atoms with E-state index in [4.69, 9.17) is 0 Å². The first-order chi connectivity index (χ1) is 6.74. The van der Waals surface area contributed by atoms with Crippen LogP contribution in [-0.4, -0.2) is 13.0 Å². The van der Waals surface area contributed by atoms with Gasteiger partial charge in [-0.2, -0.15) is 0 Å². The number of hydrogen-bond acceptors (Lipinski definition) is 1. The van der Waals surface area contributed by atoms with Crippen LogP contribution in [0.5, 0.6) is 0 Å². The van der Waals surface area contributed by atoms with Crippen LogP contribution >= 0.6 is 0 Å². The van der Waals surface area contributed by atoms with Gasteiger partial charge >= 0.3 is 0 Å². The lowest BCUT2D eigenvalue weighted by molar-refractivity contribution is -0.120. The summed E-state index contributed by atoms with van der Waals surface area (Å²) in [6.07, 6.45) is 5.40. The highest BCUT2D eigenvalue weighted by atomic mass is 16.1. The van der Waals surface area contributed by atoms with Crippen molar-refractivity contribution in [1.82, 2.24) is 5.32 Å². The molecule has 2 nitrogen and oxygen atoms in total. The van der Waals surface area contributed by atoms with Crippen molar-refractivity contribution in [3.05, 3.63) is 0 Å². The van der Waals surface area contributed by atoms with Crippen molar-refractivity contribution in [2.45, 2.75) is 59.8 Å². The molecule has 0 bridgehead atoms. The highest BCUT2D eigenvalue weighted by Crippen LogP contribution is 2.15. The Morgan fingerprint density at radius 1 is 1.21 bits per heavy atom. The summed E-state index contributed by atoms with van der Waals surface area (Å²) < 4.78 is 0. The third-order valence-electron chi connectivity index (χ3n) is 2.45. The number of hydrogen-bond donors (Lipinski definition) is 1. The van der Waals surface area contributed by atoms with Crippen molar-refractivity contribution in [2.75, 3.05) is 7.05 Å². The van der Waals surface area contributed by atoms with Gasteiger partial charge in [0.25, 0.3) is 0 Å². The fourth-order valence-electron chi connectivity index (χ4n) is 1.37. The molecule has 0 aromatic heterocycles. The van der Waals surface area contributed by atoms with Crippen molar-refractivity contribution < 1.29 is 4.79 Å². The molecule has 0 heterocycles. The number of carbonyl (C=O) groups is 1. The van der Waals surface area contributed by atoms with E-state index in [9.17, 15) is 4.79 Å². The maximum Gasteiger partial charge on any atom is 0.219 e. The average molecular weight is 201 g/mol. The summed E-state index contributed by atoms with van der Waals surface area (Å²) in [4.78, 5) is 10.9. The second-order valence-corrected chi connectivity index (χ2v) is 3.25. The lowest BCUT2D eigenvalue weighted by Gasteiger charge is -2.10. The van der Waals surface area contributed by atoms with Crippen LogP contribution in [0.15, 0.2) is 0 Å². The van der Waals surface area contributed by atoms with Gasteiger partial charge in [-0.3, -0.25) is 4.79 Å². The Morgan fingerprint density at radius 3 is 2.07 bits per heavy atom. The molecule has 0 aromatic rings. The molecule has 2 heteroatoms. The van der Waals surface area contributed by atoms with Gasteiger partial charge in [0, 0.05) is 13.5 Å². The van der Waals surface area contributed by atoms with Crippen molar-refractivity contribution >= 4 is 5.91 Å². The first kappa shape index (κ1) is 15.9. The second kappa shape index (κ2) is 12.5. The van der Waals surface area contributed by atoms with Gasteiger partial charge in [0.15, 0.2) is 0 Å². The normalized spacial score (nSPS) is 9.29. The highest BCUT2D eigenvalue weighted by Gasteiger charge is 2.04. The van der Waals surface area contributed by atoms with Crippen molar-refractivity contribution in [3.8, 4) is 0 Å². The average Bonchev–Trinajstić information content (AvgIpc) is 2.27. The zero-order valence-corrected chi connectivity index (χ0v) is 10.5. The Morgan fingerprint density at radius 2 is 1.71 bits per heavy atom. The van der Waals surface area contributed by atoms with E-state index in [2.05, 4.69) is 19.2 Å². The topological polar surface area (TPSA) is 29.1 Å². The lowest BCUT2D eigenvalue weighted by Crippen LogP contribution is -2.17. The van der Waals surface area contributed by atoms with Crippen LogP contribution < -0.4 is 5.32 Å². The van der Waals surface area contributed by atoms with Crippen LogP contribution in [0.25, 0.3) is 0 Å². The molecular weight excluding hydrogens is 174 g/mol. The standard InChI is InChI=1S/C10H21NO.C2H6/c1-4-9(5-2)7-6-8-10(12)11-3;1-2/h9H,4-8H2,1-3H3,(H,11,12);1-2H3. The minimum Gasteiger partial charge on any atom is -0.359 e. The highest BCUT2D eigenvalue weighted by molar-refractivity contribution is 5.75. The maximum atomic E-state index is 10.9. The summed E-state index contributed by atoms with van der Waals surface area (Å²) in [6.45, 7) is 8.43. The quantitative estimate of drug-likeness (QED) is 0.701. The Kier molecular flexibility index (Phi) is 14.2. The molecule has 0 radical (unpaired) electrons. The molecule has 86 valence electrons. The van der Waals surface area contributed by atoms with Crippen LogP contribution in [0, 0.1) is 5.92 Å². The predicted octanol–water partition coefficient (Wildman–Crippen LogP) is 3.37. The fraction of sp³-hybridized carbons (Fsp3) is 0.917. The molecule has 1 N–H and O–H groups in total. The van der Waals surface area contributed by atoms with E-state index in [1.54, 1.807) is 7.05 Å². The first-order valence-corrected chi connectivity index (χ1v) is 5.95. The van der Waals surface area contributed by atoms with Crippen LogP contribution in [0.1, 0.15) is 59.8 Å². The first-order valence-electron chi connectivity index (χ1n) is 5.95. The molecule has 0 saturated heterocycles. The number of amides is 1. The van der Waals surface area contributed by atoms with E-state index in [0.29, 0.717) is 6.42 Å². The molecule has 0 fully saturated rings. The van der Waals surface area contributed by atoms with Crippen LogP contribution in [0.4, 0.5) is 0 Å². The largest absolute Gasteiger partial charge is 0.359 e. The van der Waals surface area contributed by atoms with Gasteiger partial charge in [-0.25, -0.2) is 0 Å². The Bertz CT molecular complexity index is 119. The molecular formula is C12H27NO. The van der Waals surface area contributed by atoms with Crippen molar-refractivity contribution in [3.63, 3.8) is 0 Å². The zero-order chi connectivity index (χ0) is 11.4. The lowest BCUT2D eigenvalue weighted by atomic mass is 9.97. The summed E-state index contributed by atoms with van der Waals surface area (Å²) in [5, 5.41) is 2.64. The Hall–Kier alpha value is -0.530. The van der Waals surface area contributed by atoms with Crippen molar-refractivity contribution in [1.29, 1.82) is 0 Å². The van der Waals surface area contributed by atoms with Gasteiger partial charge in [0.05, 0.1) is 0 Å². The van der Waals surface area contributed by atoms with Gasteiger partial charge in [-0.15, -0.1) is 0 Å². The maximum absolute atomic E-state index is 10.9. The zero-order valence-electron chi connectivity index (χ0n) is 10.5. The van der Waals surface area contributed by atoms with Crippen LogP contribution in [0.3, 0.4) is 0 Å². The second-order valence-electron chi connectivity index (χ2n) is 3.25. The summed E-state index contributed by atoms with van der Waals surface area (Å²) >= 11 is 0. The van der Waals surface area contributed by atoms with E-state index in [-0.39, 0.29) is 5.91 Å². The van der Waals surface area contributed by atoms with Gasteiger partial charge in [0.1, 0.15) is 0 Å². The smallest absolute Gasteiger partial charge is 0.219 e. The van der Waals surface area contributed by atoms with Gasteiger partial charge < -0.3 is 5.32 Å². The molecule has 0 rings (SSSR count). The minimum absolute atomic E-state index is 0.168. The molecule has 0 aliphatic rings. The van der Waals surface area contributed by atoms with E-state index in [1.807, 2.05) is 13.8 Å². The van der Waals surface area contributed by atoms with Crippen LogP contribution in [-0.2, 0) is 4.79 Å². The monoisotopic (exact) mass is 201 g/mol. The molecule has 0 aliphatic carbocycles. The summed E-state index contributed by atoms with van der Waals surface area (Å²) in [7, 11) is 1.69. The summed E-state index contributed by atoms with van der Waals surface area (Å²) in [5.74, 6) is 0.982. The van der Waals surface area contributed by atoms with E-state index in [1.165, 1.54) is 19.3 Å². The van der Waals surface area contributed by atoms with Gasteiger partial charge in [0.2, 0.25) is 5.91 Å². The number of carbonyl (C=O) groups excluding carboxylic acids is 1. The van der Waals surface area contributed by atoms with E-state index < -0.39 is 0 Å².